The van der Waals surface area contributed by atoms with E-state index in [0.717, 1.165) is 43.0 Å². The van der Waals surface area contributed by atoms with Crippen molar-refractivity contribution in [3.63, 3.8) is 0 Å². The Morgan fingerprint density at radius 3 is 3.05 bits per heavy atom. The third-order valence-electron chi connectivity index (χ3n) is 3.66. The first-order chi connectivity index (χ1) is 10.3. The second-order valence-corrected chi connectivity index (χ2v) is 5.57. The van der Waals surface area contributed by atoms with Gasteiger partial charge in [0.15, 0.2) is 0 Å². The van der Waals surface area contributed by atoms with Gasteiger partial charge in [0.1, 0.15) is 11.4 Å². The smallest absolute Gasteiger partial charge is 0.120 e. The molecule has 0 amide bonds. The normalized spacial score (nSPS) is 18.7. The lowest BCUT2D eigenvalue weighted by molar-refractivity contribution is 0.00370. The average molecular weight is 308 g/mol. The molecule has 1 atom stereocenters. The highest BCUT2D eigenvalue weighted by atomic mass is 35.5. The average Bonchev–Trinajstić information content (AvgIpc) is 2.96. The molecule has 1 saturated heterocycles. The van der Waals surface area contributed by atoms with E-state index in [9.17, 15) is 0 Å². The topological polar surface area (TPSA) is 49.2 Å². The molecule has 0 N–H and O–H groups in total. The van der Waals surface area contributed by atoms with Crippen molar-refractivity contribution in [2.75, 3.05) is 13.7 Å². The Hall–Kier alpha value is -1.59. The number of aromatic nitrogens is 3. The summed E-state index contributed by atoms with van der Waals surface area (Å²) in [4.78, 5) is 0. The Bertz CT molecular complexity index is 609. The zero-order valence-electron chi connectivity index (χ0n) is 12.0. The minimum Gasteiger partial charge on any atom is -0.497 e. The molecule has 2 heterocycles. The molecule has 0 aliphatic carbocycles. The lowest BCUT2D eigenvalue weighted by Gasteiger charge is -2.21. The van der Waals surface area contributed by atoms with Crippen LogP contribution in [-0.4, -0.2) is 34.8 Å². The van der Waals surface area contributed by atoms with Gasteiger partial charge in [-0.25, -0.2) is 4.68 Å². The summed E-state index contributed by atoms with van der Waals surface area (Å²) < 4.78 is 12.7. The van der Waals surface area contributed by atoms with Crippen molar-refractivity contribution < 1.29 is 9.47 Å². The summed E-state index contributed by atoms with van der Waals surface area (Å²) in [5.41, 5.74) is 1.62. The van der Waals surface area contributed by atoms with Crippen molar-refractivity contribution in [2.45, 2.75) is 31.9 Å². The zero-order chi connectivity index (χ0) is 14.7. The van der Waals surface area contributed by atoms with Gasteiger partial charge in [0.25, 0.3) is 0 Å². The van der Waals surface area contributed by atoms with Gasteiger partial charge in [-0.15, -0.1) is 5.10 Å². The summed E-state index contributed by atoms with van der Waals surface area (Å²) >= 11 is 6.26. The van der Waals surface area contributed by atoms with Gasteiger partial charge in [-0.3, -0.25) is 0 Å². The van der Waals surface area contributed by atoms with Crippen LogP contribution in [-0.2, 0) is 11.3 Å². The van der Waals surface area contributed by atoms with E-state index in [4.69, 9.17) is 21.1 Å². The number of halogens is 1. The van der Waals surface area contributed by atoms with Crippen molar-refractivity contribution in [1.29, 1.82) is 0 Å². The molecule has 0 radical (unpaired) electrons. The molecule has 1 aliphatic rings. The first kappa shape index (κ1) is 14.4. The number of hydrogen-bond acceptors (Lipinski definition) is 4. The van der Waals surface area contributed by atoms with E-state index in [1.807, 2.05) is 23.0 Å². The number of rotatable bonds is 4. The third-order valence-corrected chi connectivity index (χ3v) is 3.97. The molecule has 3 rings (SSSR count). The molecule has 1 fully saturated rings. The second kappa shape index (κ2) is 6.45. The van der Waals surface area contributed by atoms with E-state index in [2.05, 4.69) is 10.3 Å². The molecule has 21 heavy (non-hydrogen) atoms. The molecular formula is C15H18ClN3O2. The maximum Gasteiger partial charge on any atom is 0.120 e. The SMILES string of the molecule is COc1ccc(-c2cn(CC3CCCCO3)nn2)c(Cl)c1. The molecule has 1 unspecified atom stereocenters. The van der Waals surface area contributed by atoms with Crippen LogP contribution in [0.25, 0.3) is 11.3 Å². The van der Waals surface area contributed by atoms with Crippen LogP contribution in [0.3, 0.4) is 0 Å². The van der Waals surface area contributed by atoms with E-state index in [0.29, 0.717) is 5.02 Å². The van der Waals surface area contributed by atoms with Crippen molar-refractivity contribution in [2.24, 2.45) is 0 Å². The van der Waals surface area contributed by atoms with Gasteiger partial charge in [-0.05, 0) is 37.5 Å². The minimum absolute atomic E-state index is 0.236. The number of benzene rings is 1. The molecule has 5 nitrogen and oxygen atoms in total. The molecule has 1 aliphatic heterocycles. The quantitative estimate of drug-likeness (QED) is 0.870. The van der Waals surface area contributed by atoms with E-state index >= 15 is 0 Å². The van der Waals surface area contributed by atoms with Gasteiger partial charge < -0.3 is 9.47 Å². The first-order valence-electron chi connectivity index (χ1n) is 7.12. The van der Waals surface area contributed by atoms with Crippen LogP contribution in [0.5, 0.6) is 5.75 Å². The molecule has 112 valence electrons. The third kappa shape index (κ3) is 3.36. The molecule has 2 aromatic rings. The van der Waals surface area contributed by atoms with Gasteiger partial charge in [-0.2, -0.15) is 0 Å². The number of ether oxygens (including phenoxy) is 2. The lowest BCUT2D eigenvalue weighted by atomic mass is 10.1. The molecule has 1 aromatic heterocycles. The predicted octanol–water partition coefficient (Wildman–Crippen LogP) is 3.18. The maximum absolute atomic E-state index is 6.26. The summed E-state index contributed by atoms with van der Waals surface area (Å²) in [5, 5.41) is 8.97. The molecule has 6 heteroatoms. The van der Waals surface area contributed by atoms with Crippen LogP contribution < -0.4 is 4.74 Å². The van der Waals surface area contributed by atoms with Crippen LogP contribution in [0.2, 0.25) is 5.02 Å². The van der Waals surface area contributed by atoms with Crippen LogP contribution >= 0.6 is 11.6 Å². The highest BCUT2D eigenvalue weighted by molar-refractivity contribution is 6.33. The van der Waals surface area contributed by atoms with Crippen molar-refractivity contribution in [3.8, 4) is 17.0 Å². The fourth-order valence-corrected chi connectivity index (χ4v) is 2.77. The summed E-state index contributed by atoms with van der Waals surface area (Å²) in [6.45, 7) is 1.58. The van der Waals surface area contributed by atoms with E-state index in [1.165, 1.54) is 6.42 Å². The standard InChI is InChI=1S/C15H18ClN3O2/c1-20-11-5-6-13(14(16)8-11)15-10-19(18-17-15)9-12-4-2-3-7-21-12/h5-6,8,10,12H,2-4,7,9H2,1H3. The van der Waals surface area contributed by atoms with Crippen LogP contribution in [0.4, 0.5) is 0 Å². The lowest BCUT2D eigenvalue weighted by Crippen LogP contribution is -2.24. The van der Waals surface area contributed by atoms with Crippen molar-refractivity contribution in [3.05, 3.63) is 29.4 Å². The van der Waals surface area contributed by atoms with Gasteiger partial charge in [0.2, 0.25) is 0 Å². The molecule has 1 aromatic carbocycles. The highest BCUT2D eigenvalue weighted by Gasteiger charge is 2.16. The fraction of sp³-hybridized carbons (Fsp3) is 0.467. The van der Waals surface area contributed by atoms with Gasteiger partial charge >= 0.3 is 0 Å². The molecule has 0 spiro atoms. The molecule has 0 bridgehead atoms. The van der Waals surface area contributed by atoms with Gasteiger partial charge in [-0.1, -0.05) is 16.8 Å². The summed E-state index contributed by atoms with van der Waals surface area (Å²) in [6.07, 6.45) is 5.60. The van der Waals surface area contributed by atoms with E-state index in [-0.39, 0.29) is 6.10 Å². The summed E-state index contributed by atoms with van der Waals surface area (Å²) in [6, 6.07) is 5.54. The first-order valence-corrected chi connectivity index (χ1v) is 7.49. The van der Waals surface area contributed by atoms with Crippen molar-refractivity contribution in [1.82, 2.24) is 15.0 Å². The Balaban J connectivity index is 1.75. The second-order valence-electron chi connectivity index (χ2n) is 5.16. The van der Waals surface area contributed by atoms with E-state index in [1.54, 1.807) is 13.2 Å². The largest absolute Gasteiger partial charge is 0.497 e. The van der Waals surface area contributed by atoms with E-state index < -0.39 is 0 Å². The van der Waals surface area contributed by atoms with Crippen molar-refractivity contribution >= 4 is 11.6 Å². The Labute approximate surface area is 128 Å². The summed E-state index contributed by atoms with van der Waals surface area (Å²) in [5.74, 6) is 0.728. The maximum atomic E-state index is 6.26. The van der Waals surface area contributed by atoms with Gasteiger partial charge in [0.05, 0.1) is 31.0 Å². The number of nitrogens with zero attached hydrogens (tertiary/aromatic N) is 3. The molecule has 0 saturated carbocycles. The van der Waals surface area contributed by atoms with Gasteiger partial charge in [0, 0.05) is 12.2 Å². The molecular weight excluding hydrogens is 290 g/mol. The number of hydrogen-bond donors (Lipinski definition) is 0. The minimum atomic E-state index is 0.236. The monoisotopic (exact) mass is 307 g/mol. The fourth-order valence-electron chi connectivity index (χ4n) is 2.50. The highest BCUT2D eigenvalue weighted by Crippen LogP contribution is 2.29. The number of methoxy groups -OCH3 is 1. The van der Waals surface area contributed by atoms with Crippen LogP contribution in [0.1, 0.15) is 19.3 Å². The Morgan fingerprint density at radius 2 is 2.33 bits per heavy atom. The van der Waals surface area contributed by atoms with Crippen LogP contribution in [0, 0.1) is 0 Å². The zero-order valence-corrected chi connectivity index (χ0v) is 12.7. The van der Waals surface area contributed by atoms with Crippen LogP contribution in [0.15, 0.2) is 24.4 Å². The Kier molecular flexibility index (Phi) is 4.41. The summed E-state index contributed by atoms with van der Waals surface area (Å²) in [7, 11) is 1.62. The Morgan fingerprint density at radius 1 is 1.43 bits per heavy atom. The predicted molar refractivity (Wildman–Crippen MR) is 80.6 cm³/mol.